The fraction of sp³-hybridized carbons (Fsp3) is 0.417. The van der Waals surface area contributed by atoms with Crippen molar-refractivity contribution in [2.24, 2.45) is 5.41 Å². The van der Waals surface area contributed by atoms with Crippen LogP contribution in [0.2, 0.25) is 0 Å². The first kappa shape index (κ1) is 15.1. The summed E-state index contributed by atoms with van der Waals surface area (Å²) < 4.78 is 39.9. The van der Waals surface area contributed by atoms with Crippen molar-refractivity contribution >= 4 is 11.7 Å². The molecule has 19 heavy (non-hydrogen) atoms. The van der Waals surface area contributed by atoms with E-state index >= 15 is 0 Å². The zero-order chi connectivity index (χ0) is 14.7. The molecule has 0 unspecified atom stereocenters. The van der Waals surface area contributed by atoms with Crippen molar-refractivity contribution in [3.8, 4) is 5.75 Å². The Morgan fingerprint density at radius 1 is 1.37 bits per heavy atom. The largest absolute Gasteiger partial charge is 0.573 e. The highest BCUT2D eigenvalue weighted by molar-refractivity contribution is 5.74. The third kappa shape index (κ3) is 5.07. The number of aliphatic carboxylic acids is 1. The lowest BCUT2D eigenvalue weighted by Crippen LogP contribution is -2.31. The third-order valence-corrected chi connectivity index (χ3v) is 2.38. The highest BCUT2D eigenvalue weighted by Gasteiger charge is 2.31. The van der Waals surface area contributed by atoms with Gasteiger partial charge in [0.2, 0.25) is 0 Å². The van der Waals surface area contributed by atoms with Crippen LogP contribution in [0.4, 0.5) is 18.9 Å². The summed E-state index contributed by atoms with van der Waals surface area (Å²) in [6.45, 7) is 3.11. The number of alkyl halides is 3. The van der Waals surface area contributed by atoms with E-state index in [1.165, 1.54) is 32.0 Å². The van der Waals surface area contributed by atoms with Crippen molar-refractivity contribution < 1.29 is 27.8 Å². The number of rotatable bonds is 5. The lowest BCUT2D eigenvalue weighted by Gasteiger charge is -2.20. The average Bonchev–Trinajstić information content (AvgIpc) is 2.24. The number of carboxylic acid groups (broad SMARTS) is 1. The standard InChI is InChI=1S/C12H14F3NO3/c1-11(2,10(17)18)7-16-8-4-3-5-9(6-8)19-12(13,14)15/h3-6,16H,7H2,1-2H3,(H,17,18). The van der Waals surface area contributed by atoms with Crippen molar-refractivity contribution in [1.82, 2.24) is 0 Å². The fourth-order valence-corrected chi connectivity index (χ4v) is 1.20. The summed E-state index contributed by atoms with van der Waals surface area (Å²) in [4.78, 5) is 10.9. The molecule has 0 aromatic heterocycles. The second-order valence-electron chi connectivity index (χ2n) is 4.62. The fourth-order valence-electron chi connectivity index (χ4n) is 1.20. The molecule has 0 heterocycles. The molecular formula is C12H14F3NO3. The van der Waals surface area contributed by atoms with Gasteiger partial charge in [0, 0.05) is 18.3 Å². The van der Waals surface area contributed by atoms with Crippen LogP contribution in [0.25, 0.3) is 0 Å². The number of halogens is 3. The molecular weight excluding hydrogens is 263 g/mol. The monoisotopic (exact) mass is 277 g/mol. The second-order valence-corrected chi connectivity index (χ2v) is 4.62. The van der Waals surface area contributed by atoms with Gasteiger partial charge in [-0.3, -0.25) is 4.79 Å². The molecule has 0 spiro atoms. The van der Waals surface area contributed by atoms with E-state index < -0.39 is 17.7 Å². The van der Waals surface area contributed by atoms with Crippen molar-refractivity contribution in [3.63, 3.8) is 0 Å². The minimum atomic E-state index is -4.75. The van der Waals surface area contributed by atoms with Gasteiger partial charge in [0.05, 0.1) is 5.41 Å². The Labute approximate surface area is 108 Å². The Morgan fingerprint density at radius 3 is 2.53 bits per heavy atom. The molecule has 0 aliphatic rings. The van der Waals surface area contributed by atoms with Crippen LogP contribution in [-0.4, -0.2) is 24.0 Å². The number of ether oxygens (including phenoxy) is 1. The predicted octanol–water partition coefficient (Wildman–Crippen LogP) is 3.11. The van der Waals surface area contributed by atoms with Gasteiger partial charge in [-0.1, -0.05) is 6.07 Å². The molecule has 0 saturated heterocycles. The van der Waals surface area contributed by atoms with E-state index in [1.54, 1.807) is 0 Å². The third-order valence-electron chi connectivity index (χ3n) is 2.38. The molecule has 7 heteroatoms. The number of anilines is 1. The van der Waals surface area contributed by atoms with Gasteiger partial charge in [-0.25, -0.2) is 0 Å². The van der Waals surface area contributed by atoms with Gasteiger partial charge in [0.1, 0.15) is 5.75 Å². The van der Waals surface area contributed by atoms with Crippen LogP contribution in [0.5, 0.6) is 5.75 Å². The number of hydrogen-bond donors (Lipinski definition) is 2. The van der Waals surface area contributed by atoms with Crippen molar-refractivity contribution in [2.45, 2.75) is 20.2 Å². The summed E-state index contributed by atoms with van der Waals surface area (Å²) in [5.41, 5.74) is -0.669. The van der Waals surface area contributed by atoms with Crippen LogP contribution in [0, 0.1) is 5.41 Å². The highest BCUT2D eigenvalue weighted by Crippen LogP contribution is 2.25. The number of benzene rings is 1. The first-order valence-electron chi connectivity index (χ1n) is 5.43. The van der Waals surface area contributed by atoms with E-state index in [9.17, 15) is 18.0 Å². The molecule has 0 atom stereocenters. The summed E-state index contributed by atoms with van der Waals surface area (Å²) in [7, 11) is 0. The number of carboxylic acids is 1. The number of nitrogens with one attached hydrogen (secondary N) is 1. The van der Waals surface area contributed by atoms with E-state index in [1.807, 2.05) is 0 Å². The normalized spacial score (nSPS) is 12.1. The first-order chi connectivity index (χ1) is 8.60. The van der Waals surface area contributed by atoms with Crippen LogP contribution in [0.3, 0.4) is 0 Å². The van der Waals surface area contributed by atoms with Crippen LogP contribution < -0.4 is 10.1 Å². The summed E-state index contributed by atoms with van der Waals surface area (Å²) in [6, 6.07) is 5.24. The molecule has 0 bridgehead atoms. The molecule has 1 rings (SSSR count). The molecule has 0 fully saturated rings. The van der Waals surface area contributed by atoms with Crippen molar-refractivity contribution in [1.29, 1.82) is 0 Å². The second kappa shape index (κ2) is 5.38. The molecule has 4 nitrogen and oxygen atoms in total. The maximum atomic E-state index is 12.0. The van der Waals surface area contributed by atoms with Crippen LogP contribution in [0.1, 0.15) is 13.8 Å². The van der Waals surface area contributed by atoms with Crippen molar-refractivity contribution in [3.05, 3.63) is 24.3 Å². The highest BCUT2D eigenvalue weighted by atomic mass is 19.4. The van der Waals surface area contributed by atoms with Gasteiger partial charge in [0.25, 0.3) is 0 Å². The minimum absolute atomic E-state index is 0.0812. The Morgan fingerprint density at radius 2 is 2.00 bits per heavy atom. The van der Waals surface area contributed by atoms with Gasteiger partial charge in [-0.2, -0.15) is 0 Å². The summed E-state index contributed by atoms with van der Waals surface area (Å²) in [5.74, 6) is -1.35. The average molecular weight is 277 g/mol. The summed E-state index contributed by atoms with van der Waals surface area (Å²) in [6.07, 6.45) is -4.75. The van der Waals surface area contributed by atoms with Gasteiger partial charge in [-0.15, -0.1) is 13.2 Å². The zero-order valence-electron chi connectivity index (χ0n) is 10.4. The Hall–Kier alpha value is -1.92. The Bertz CT molecular complexity index is 458. The molecule has 0 aliphatic carbocycles. The summed E-state index contributed by atoms with van der Waals surface area (Å²) in [5, 5.41) is 11.7. The lowest BCUT2D eigenvalue weighted by atomic mass is 9.94. The SMILES string of the molecule is CC(C)(CNc1cccc(OC(F)(F)F)c1)C(=O)O. The molecule has 0 saturated carbocycles. The van der Waals surface area contributed by atoms with E-state index in [0.29, 0.717) is 5.69 Å². The van der Waals surface area contributed by atoms with Gasteiger partial charge in [0.15, 0.2) is 0 Å². The van der Waals surface area contributed by atoms with E-state index in [0.717, 1.165) is 6.07 Å². The Kier molecular flexibility index (Phi) is 4.28. The van der Waals surface area contributed by atoms with Crippen LogP contribution in [-0.2, 0) is 4.79 Å². The minimum Gasteiger partial charge on any atom is -0.481 e. The molecule has 1 aromatic rings. The maximum absolute atomic E-state index is 12.0. The van der Waals surface area contributed by atoms with Gasteiger partial charge < -0.3 is 15.2 Å². The zero-order valence-corrected chi connectivity index (χ0v) is 10.4. The molecule has 0 aliphatic heterocycles. The van der Waals surface area contributed by atoms with Crippen LogP contribution in [0.15, 0.2) is 24.3 Å². The van der Waals surface area contributed by atoms with E-state index in [2.05, 4.69) is 10.1 Å². The first-order valence-corrected chi connectivity index (χ1v) is 5.43. The predicted molar refractivity (Wildman–Crippen MR) is 63.0 cm³/mol. The quantitative estimate of drug-likeness (QED) is 0.868. The maximum Gasteiger partial charge on any atom is 0.573 e. The van der Waals surface area contributed by atoms with Crippen LogP contribution >= 0.6 is 0 Å². The topological polar surface area (TPSA) is 58.6 Å². The number of hydrogen-bond acceptors (Lipinski definition) is 3. The van der Waals surface area contributed by atoms with E-state index in [4.69, 9.17) is 5.11 Å². The Balaban J connectivity index is 2.70. The molecule has 0 amide bonds. The molecule has 106 valence electrons. The lowest BCUT2D eigenvalue weighted by molar-refractivity contribution is -0.274. The smallest absolute Gasteiger partial charge is 0.481 e. The van der Waals surface area contributed by atoms with Crippen molar-refractivity contribution in [2.75, 3.05) is 11.9 Å². The summed E-state index contributed by atoms with van der Waals surface area (Å²) >= 11 is 0. The molecule has 1 aromatic carbocycles. The molecule has 0 radical (unpaired) electrons. The van der Waals surface area contributed by atoms with Gasteiger partial charge >= 0.3 is 12.3 Å². The number of carbonyl (C=O) groups is 1. The van der Waals surface area contributed by atoms with Gasteiger partial charge in [-0.05, 0) is 26.0 Å². The van der Waals surface area contributed by atoms with E-state index in [-0.39, 0.29) is 12.3 Å². The molecule has 2 N–H and O–H groups in total.